The lowest BCUT2D eigenvalue weighted by Crippen LogP contribution is -2.38. The van der Waals surface area contributed by atoms with Crippen LogP contribution < -0.4 is 5.69 Å². The van der Waals surface area contributed by atoms with Crippen LogP contribution in [-0.2, 0) is 17.9 Å². The standard InChI is InChI=1S/C23H24Cl3FN4O2/c1-28(2)22(32)13-30-20-10-18(25)19(26)11-21(20)31(23(30)33)16-5-7-29(8-6-16)12-14-3-4-15(27)9-17(14)24/h3-4,9-11,16H,5-8,12-13H2,1-2H3. The number of benzene rings is 2. The Balaban J connectivity index is 1.61. The molecule has 1 aromatic heterocycles. The normalized spacial score (nSPS) is 15.3. The molecule has 1 aliphatic heterocycles. The Morgan fingerprint density at radius 3 is 2.27 bits per heavy atom. The molecule has 1 amide bonds. The Labute approximate surface area is 206 Å². The van der Waals surface area contributed by atoms with E-state index < -0.39 is 0 Å². The molecule has 0 aliphatic carbocycles. The predicted molar refractivity (Wildman–Crippen MR) is 130 cm³/mol. The molecular weight excluding hydrogens is 490 g/mol. The van der Waals surface area contributed by atoms with Crippen LogP contribution in [0.1, 0.15) is 24.4 Å². The number of aromatic nitrogens is 2. The molecule has 0 unspecified atom stereocenters. The molecule has 3 aromatic rings. The smallest absolute Gasteiger partial charge is 0.329 e. The maximum absolute atomic E-state index is 13.4. The minimum atomic E-state index is -0.357. The molecular formula is C23H24Cl3FN4O2. The minimum absolute atomic E-state index is 0.0482. The highest BCUT2D eigenvalue weighted by atomic mass is 35.5. The van der Waals surface area contributed by atoms with E-state index in [-0.39, 0.29) is 30.0 Å². The van der Waals surface area contributed by atoms with E-state index >= 15 is 0 Å². The van der Waals surface area contributed by atoms with Crippen LogP contribution in [0.4, 0.5) is 4.39 Å². The Morgan fingerprint density at radius 1 is 1.03 bits per heavy atom. The number of likely N-dealkylation sites (tertiary alicyclic amines) is 1. The van der Waals surface area contributed by atoms with E-state index in [1.807, 2.05) is 0 Å². The van der Waals surface area contributed by atoms with Crippen LogP contribution in [0.3, 0.4) is 0 Å². The van der Waals surface area contributed by atoms with Crippen LogP contribution in [-0.4, -0.2) is 52.0 Å². The summed E-state index contributed by atoms with van der Waals surface area (Å²) in [7, 11) is 3.30. The first-order chi connectivity index (χ1) is 15.7. The van der Waals surface area contributed by atoms with E-state index in [4.69, 9.17) is 34.8 Å². The molecule has 0 spiro atoms. The van der Waals surface area contributed by atoms with Crippen LogP contribution in [0.25, 0.3) is 11.0 Å². The maximum atomic E-state index is 13.4. The molecule has 2 aromatic carbocycles. The van der Waals surface area contributed by atoms with Gasteiger partial charge in [-0.05, 0) is 42.7 Å². The van der Waals surface area contributed by atoms with Crippen molar-refractivity contribution in [2.24, 2.45) is 0 Å². The number of fused-ring (bicyclic) bond motifs is 1. The van der Waals surface area contributed by atoms with Gasteiger partial charge in [0.2, 0.25) is 5.91 Å². The number of imidazole rings is 1. The van der Waals surface area contributed by atoms with Gasteiger partial charge in [0.1, 0.15) is 12.4 Å². The van der Waals surface area contributed by atoms with Crippen LogP contribution >= 0.6 is 34.8 Å². The molecule has 0 bridgehead atoms. The third-order valence-corrected chi connectivity index (χ3v) is 7.20. The minimum Gasteiger partial charge on any atom is -0.347 e. The van der Waals surface area contributed by atoms with Gasteiger partial charge in [-0.15, -0.1) is 0 Å². The monoisotopic (exact) mass is 512 g/mol. The van der Waals surface area contributed by atoms with Gasteiger partial charge in [-0.2, -0.15) is 0 Å². The van der Waals surface area contributed by atoms with Gasteiger partial charge in [0.25, 0.3) is 0 Å². The van der Waals surface area contributed by atoms with E-state index in [0.29, 0.717) is 32.6 Å². The molecule has 0 atom stereocenters. The number of carbonyl (C=O) groups excluding carboxylic acids is 1. The summed E-state index contributed by atoms with van der Waals surface area (Å²) in [6.45, 7) is 2.03. The number of piperidine rings is 1. The molecule has 6 nitrogen and oxygen atoms in total. The quantitative estimate of drug-likeness (QED) is 0.491. The molecule has 33 heavy (non-hydrogen) atoms. The lowest BCUT2D eigenvalue weighted by Gasteiger charge is -2.32. The summed E-state index contributed by atoms with van der Waals surface area (Å²) in [5, 5.41) is 1.10. The van der Waals surface area contributed by atoms with Crippen LogP contribution in [0.15, 0.2) is 35.1 Å². The summed E-state index contributed by atoms with van der Waals surface area (Å²) < 4.78 is 16.5. The number of hydrogen-bond donors (Lipinski definition) is 0. The summed E-state index contributed by atoms with van der Waals surface area (Å²) >= 11 is 18.7. The molecule has 1 fully saturated rings. The molecule has 0 radical (unpaired) electrons. The third-order valence-electron chi connectivity index (χ3n) is 6.13. The highest BCUT2D eigenvalue weighted by Crippen LogP contribution is 2.32. The first kappa shape index (κ1) is 24.1. The van der Waals surface area contributed by atoms with Crippen molar-refractivity contribution in [2.75, 3.05) is 27.2 Å². The lowest BCUT2D eigenvalue weighted by molar-refractivity contribution is -0.129. The zero-order chi connectivity index (χ0) is 23.9. The Hall–Kier alpha value is -2.06. The van der Waals surface area contributed by atoms with Crippen LogP contribution in [0.5, 0.6) is 0 Å². The molecule has 1 saturated heterocycles. The van der Waals surface area contributed by atoms with Gasteiger partial charge in [-0.25, -0.2) is 9.18 Å². The fourth-order valence-electron chi connectivity index (χ4n) is 4.28. The van der Waals surface area contributed by atoms with Crippen molar-refractivity contribution < 1.29 is 9.18 Å². The number of likely N-dealkylation sites (N-methyl/N-ethyl adjacent to an activating group) is 1. The number of rotatable bonds is 5. The van der Waals surface area contributed by atoms with Gasteiger partial charge < -0.3 is 4.90 Å². The fourth-order valence-corrected chi connectivity index (χ4v) is 4.82. The highest BCUT2D eigenvalue weighted by Gasteiger charge is 2.27. The van der Waals surface area contributed by atoms with Gasteiger partial charge in [-0.3, -0.25) is 18.8 Å². The zero-order valence-electron chi connectivity index (χ0n) is 18.3. The van der Waals surface area contributed by atoms with E-state index in [2.05, 4.69) is 4.90 Å². The van der Waals surface area contributed by atoms with E-state index in [1.54, 1.807) is 36.9 Å². The van der Waals surface area contributed by atoms with E-state index in [0.717, 1.165) is 31.5 Å². The van der Waals surface area contributed by atoms with Gasteiger partial charge in [-0.1, -0.05) is 40.9 Å². The number of hydrogen-bond acceptors (Lipinski definition) is 3. The van der Waals surface area contributed by atoms with Crippen molar-refractivity contribution in [3.8, 4) is 0 Å². The Kier molecular flexibility index (Phi) is 7.05. The van der Waals surface area contributed by atoms with Crippen molar-refractivity contribution in [3.05, 3.63) is 67.3 Å². The summed E-state index contributed by atoms with van der Waals surface area (Å²) in [6.07, 6.45) is 1.47. The van der Waals surface area contributed by atoms with Gasteiger partial charge >= 0.3 is 5.69 Å². The predicted octanol–water partition coefficient (Wildman–Crippen LogP) is 4.83. The number of amides is 1. The summed E-state index contributed by atoms with van der Waals surface area (Å²) in [5.74, 6) is -0.544. The van der Waals surface area contributed by atoms with Crippen molar-refractivity contribution in [3.63, 3.8) is 0 Å². The highest BCUT2D eigenvalue weighted by molar-refractivity contribution is 6.42. The molecule has 1 aliphatic rings. The zero-order valence-corrected chi connectivity index (χ0v) is 20.6. The SMILES string of the molecule is CN(C)C(=O)Cn1c(=O)n(C2CCN(Cc3ccc(F)cc3Cl)CC2)c2cc(Cl)c(Cl)cc21. The number of nitrogens with zero attached hydrogens (tertiary/aromatic N) is 4. The number of carbonyl (C=O) groups is 1. The average Bonchev–Trinajstić information content (AvgIpc) is 3.01. The second kappa shape index (κ2) is 9.66. The van der Waals surface area contributed by atoms with Gasteiger partial charge in [0.05, 0.1) is 21.1 Å². The largest absolute Gasteiger partial charge is 0.347 e. The van der Waals surface area contributed by atoms with Crippen molar-refractivity contribution in [1.82, 2.24) is 18.9 Å². The molecule has 4 rings (SSSR count). The fraction of sp³-hybridized carbons (Fsp3) is 0.391. The topological polar surface area (TPSA) is 50.5 Å². The van der Waals surface area contributed by atoms with E-state index in [1.165, 1.54) is 21.6 Å². The Morgan fingerprint density at radius 2 is 1.67 bits per heavy atom. The summed E-state index contributed by atoms with van der Waals surface area (Å²) in [5.41, 5.74) is 1.87. The van der Waals surface area contributed by atoms with Gasteiger partial charge in [0.15, 0.2) is 0 Å². The number of halogens is 4. The third kappa shape index (κ3) is 4.92. The van der Waals surface area contributed by atoms with Crippen molar-refractivity contribution in [2.45, 2.75) is 32.0 Å². The molecule has 0 saturated carbocycles. The first-order valence-electron chi connectivity index (χ1n) is 10.6. The second-order valence-corrected chi connectivity index (χ2v) is 9.75. The lowest BCUT2D eigenvalue weighted by atomic mass is 10.0. The second-order valence-electron chi connectivity index (χ2n) is 8.52. The van der Waals surface area contributed by atoms with Crippen molar-refractivity contribution in [1.29, 1.82) is 0 Å². The summed E-state index contributed by atoms with van der Waals surface area (Å²) in [6, 6.07) is 7.73. The van der Waals surface area contributed by atoms with Crippen molar-refractivity contribution >= 4 is 51.7 Å². The van der Waals surface area contributed by atoms with Gasteiger partial charge in [0, 0.05) is 44.8 Å². The average molecular weight is 514 g/mol. The molecule has 2 heterocycles. The maximum Gasteiger partial charge on any atom is 0.329 e. The van der Waals surface area contributed by atoms with E-state index in [9.17, 15) is 14.0 Å². The Bertz CT molecular complexity index is 1260. The molecule has 0 N–H and O–H groups in total. The molecule has 10 heteroatoms. The van der Waals surface area contributed by atoms with Crippen LogP contribution in [0, 0.1) is 5.82 Å². The first-order valence-corrected chi connectivity index (χ1v) is 11.7. The summed E-state index contributed by atoms with van der Waals surface area (Å²) in [4.78, 5) is 29.5. The molecule has 176 valence electrons. The van der Waals surface area contributed by atoms with Crippen LogP contribution in [0.2, 0.25) is 15.1 Å².